The molecule has 1 aliphatic rings. The van der Waals surface area contributed by atoms with E-state index in [9.17, 15) is 0 Å². The van der Waals surface area contributed by atoms with Crippen LogP contribution < -0.4 is 11.3 Å². The van der Waals surface area contributed by atoms with Crippen LogP contribution in [-0.2, 0) is 4.74 Å². The predicted octanol–water partition coefficient (Wildman–Crippen LogP) is 0.409. The molecule has 1 heterocycles. The molecule has 0 saturated carbocycles. The lowest BCUT2D eigenvalue weighted by molar-refractivity contribution is 0.0589. The summed E-state index contributed by atoms with van der Waals surface area (Å²) in [7, 11) is 0. The Bertz CT molecular complexity index is 79.7. The highest BCUT2D eigenvalue weighted by Crippen LogP contribution is 2.11. The summed E-state index contributed by atoms with van der Waals surface area (Å²) in [5.41, 5.74) is 2.64. The maximum absolute atomic E-state index is 5.50. The number of hydrogen-bond acceptors (Lipinski definition) is 3. The lowest BCUT2D eigenvalue weighted by Gasteiger charge is -2.12. The molecule has 0 amide bonds. The van der Waals surface area contributed by atoms with Gasteiger partial charge in [-0.05, 0) is 12.8 Å². The molecule has 0 aromatic carbocycles. The SMILES string of the molecule is NNCC1CCCCCO1. The average molecular weight is 144 g/mol. The molecule has 3 heteroatoms. The van der Waals surface area contributed by atoms with Gasteiger partial charge in [-0.3, -0.25) is 11.3 Å². The Labute approximate surface area is 61.9 Å². The van der Waals surface area contributed by atoms with Gasteiger partial charge in [0.1, 0.15) is 0 Å². The van der Waals surface area contributed by atoms with Crippen molar-refractivity contribution in [2.24, 2.45) is 5.84 Å². The van der Waals surface area contributed by atoms with Crippen LogP contribution >= 0.6 is 0 Å². The molecule has 1 rings (SSSR count). The normalized spacial score (nSPS) is 27.9. The number of hydrogen-bond donors (Lipinski definition) is 2. The van der Waals surface area contributed by atoms with E-state index in [-0.39, 0.29) is 0 Å². The second-order valence-electron chi connectivity index (χ2n) is 2.75. The minimum Gasteiger partial charge on any atom is -0.377 e. The number of nitrogens with two attached hydrogens (primary N) is 1. The Kier molecular flexibility index (Phi) is 3.72. The van der Waals surface area contributed by atoms with E-state index >= 15 is 0 Å². The Morgan fingerprint density at radius 2 is 2.30 bits per heavy atom. The standard InChI is InChI=1S/C7H16N2O/c8-9-6-7-4-2-1-3-5-10-7/h7,9H,1-6,8H2. The molecule has 10 heavy (non-hydrogen) atoms. The number of hydrazine groups is 1. The summed E-state index contributed by atoms with van der Waals surface area (Å²) in [6, 6.07) is 0. The van der Waals surface area contributed by atoms with Gasteiger partial charge in [0.25, 0.3) is 0 Å². The van der Waals surface area contributed by atoms with E-state index in [1.807, 2.05) is 0 Å². The molecule has 0 aromatic rings. The van der Waals surface area contributed by atoms with Gasteiger partial charge in [-0.1, -0.05) is 12.8 Å². The lowest BCUT2D eigenvalue weighted by atomic mass is 10.1. The van der Waals surface area contributed by atoms with E-state index < -0.39 is 0 Å². The molecule has 1 fully saturated rings. The largest absolute Gasteiger partial charge is 0.377 e. The molecule has 0 aliphatic carbocycles. The molecule has 0 aromatic heterocycles. The van der Waals surface area contributed by atoms with Crippen LogP contribution in [0.3, 0.4) is 0 Å². The topological polar surface area (TPSA) is 47.3 Å². The maximum Gasteiger partial charge on any atom is 0.0713 e. The van der Waals surface area contributed by atoms with Crippen LogP contribution in [0.25, 0.3) is 0 Å². The molecular formula is C7H16N2O. The molecular weight excluding hydrogens is 128 g/mol. The lowest BCUT2D eigenvalue weighted by Crippen LogP contribution is -2.33. The third-order valence-corrected chi connectivity index (χ3v) is 1.87. The first-order valence-electron chi connectivity index (χ1n) is 3.98. The van der Waals surface area contributed by atoms with Crippen molar-refractivity contribution in [3.8, 4) is 0 Å². The van der Waals surface area contributed by atoms with Crippen LogP contribution in [0.1, 0.15) is 25.7 Å². The fourth-order valence-corrected chi connectivity index (χ4v) is 1.28. The summed E-state index contributed by atoms with van der Waals surface area (Å²) in [5.74, 6) is 5.18. The van der Waals surface area contributed by atoms with E-state index in [0.29, 0.717) is 6.10 Å². The Hall–Kier alpha value is -0.120. The number of nitrogens with one attached hydrogen (secondary N) is 1. The molecule has 1 atom stereocenters. The van der Waals surface area contributed by atoms with Gasteiger partial charge in [0.2, 0.25) is 0 Å². The van der Waals surface area contributed by atoms with Gasteiger partial charge in [0, 0.05) is 13.2 Å². The van der Waals surface area contributed by atoms with Crippen LogP contribution in [0.4, 0.5) is 0 Å². The van der Waals surface area contributed by atoms with E-state index in [0.717, 1.165) is 19.6 Å². The summed E-state index contributed by atoms with van der Waals surface area (Å²) >= 11 is 0. The van der Waals surface area contributed by atoms with Crippen LogP contribution in [0, 0.1) is 0 Å². The molecule has 3 nitrogen and oxygen atoms in total. The van der Waals surface area contributed by atoms with Gasteiger partial charge in [-0.15, -0.1) is 0 Å². The van der Waals surface area contributed by atoms with Crippen molar-refractivity contribution >= 4 is 0 Å². The zero-order chi connectivity index (χ0) is 7.23. The number of rotatable bonds is 2. The van der Waals surface area contributed by atoms with Gasteiger partial charge in [-0.2, -0.15) is 0 Å². The summed E-state index contributed by atoms with van der Waals surface area (Å²) in [6.07, 6.45) is 5.31. The summed E-state index contributed by atoms with van der Waals surface area (Å²) in [5, 5.41) is 0. The maximum atomic E-state index is 5.50. The molecule has 0 radical (unpaired) electrons. The highest BCUT2D eigenvalue weighted by molar-refractivity contribution is 4.63. The van der Waals surface area contributed by atoms with Crippen molar-refractivity contribution in [3.63, 3.8) is 0 Å². The second-order valence-corrected chi connectivity index (χ2v) is 2.75. The van der Waals surface area contributed by atoms with Crippen LogP contribution in [0.15, 0.2) is 0 Å². The van der Waals surface area contributed by atoms with Crippen molar-refractivity contribution < 1.29 is 4.74 Å². The zero-order valence-electron chi connectivity index (χ0n) is 6.31. The van der Waals surface area contributed by atoms with Crippen molar-refractivity contribution in [1.29, 1.82) is 0 Å². The quantitative estimate of drug-likeness (QED) is 0.436. The number of ether oxygens (including phenoxy) is 1. The van der Waals surface area contributed by atoms with Crippen molar-refractivity contribution in [1.82, 2.24) is 5.43 Å². The van der Waals surface area contributed by atoms with Gasteiger partial charge in [0.15, 0.2) is 0 Å². The van der Waals surface area contributed by atoms with Gasteiger partial charge in [-0.25, -0.2) is 0 Å². The third-order valence-electron chi connectivity index (χ3n) is 1.87. The van der Waals surface area contributed by atoms with E-state index in [4.69, 9.17) is 10.6 Å². The second kappa shape index (κ2) is 4.66. The Morgan fingerprint density at radius 1 is 1.40 bits per heavy atom. The van der Waals surface area contributed by atoms with Crippen molar-refractivity contribution in [2.75, 3.05) is 13.2 Å². The summed E-state index contributed by atoms with van der Waals surface area (Å²) in [6.45, 7) is 1.70. The van der Waals surface area contributed by atoms with E-state index in [1.165, 1.54) is 19.3 Å². The highest BCUT2D eigenvalue weighted by Gasteiger charge is 2.10. The van der Waals surface area contributed by atoms with Crippen molar-refractivity contribution in [3.05, 3.63) is 0 Å². The van der Waals surface area contributed by atoms with E-state index in [1.54, 1.807) is 0 Å². The fraction of sp³-hybridized carbons (Fsp3) is 1.00. The Morgan fingerprint density at radius 3 is 3.10 bits per heavy atom. The molecule has 1 aliphatic heterocycles. The first kappa shape index (κ1) is 7.98. The average Bonchev–Trinajstić information content (AvgIpc) is 2.17. The minimum absolute atomic E-state index is 0.354. The molecule has 3 N–H and O–H groups in total. The van der Waals surface area contributed by atoms with Gasteiger partial charge < -0.3 is 4.74 Å². The first-order valence-corrected chi connectivity index (χ1v) is 3.98. The third kappa shape index (κ3) is 2.64. The van der Waals surface area contributed by atoms with E-state index in [2.05, 4.69) is 5.43 Å². The van der Waals surface area contributed by atoms with Gasteiger partial charge in [0.05, 0.1) is 6.10 Å². The summed E-state index contributed by atoms with van der Waals surface area (Å²) < 4.78 is 5.50. The Balaban J connectivity index is 2.15. The summed E-state index contributed by atoms with van der Waals surface area (Å²) in [4.78, 5) is 0. The minimum atomic E-state index is 0.354. The monoisotopic (exact) mass is 144 g/mol. The molecule has 60 valence electrons. The van der Waals surface area contributed by atoms with Gasteiger partial charge >= 0.3 is 0 Å². The smallest absolute Gasteiger partial charge is 0.0713 e. The van der Waals surface area contributed by atoms with Crippen LogP contribution in [0.5, 0.6) is 0 Å². The first-order chi connectivity index (χ1) is 4.93. The predicted molar refractivity (Wildman–Crippen MR) is 40.4 cm³/mol. The highest BCUT2D eigenvalue weighted by atomic mass is 16.5. The van der Waals surface area contributed by atoms with Crippen LogP contribution in [0.2, 0.25) is 0 Å². The zero-order valence-corrected chi connectivity index (χ0v) is 6.31. The van der Waals surface area contributed by atoms with Crippen molar-refractivity contribution in [2.45, 2.75) is 31.8 Å². The molecule has 0 spiro atoms. The molecule has 1 unspecified atom stereocenters. The van der Waals surface area contributed by atoms with Crippen LogP contribution in [-0.4, -0.2) is 19.3 Å². The fourth-order valence-electron chi connectivity index (χ4n) is 1.28. The molecule has 0 bridgehead atoms. The molecule has 1 saturated heterocycles.